The van der Waals surface area contributed by atoms with Crippen LogP contribution < -0.4 is 10.9 Å². The van der Waals surface area contributed by atoms with E-state index in [1.807, 2.05) is 6.07 Å². The van der Waals surface area contributed by atoms with E-state index in [0.29, 0.717) is 22.6 Å². The summed E-state index contributed by atoms with van der Waals surface area (Å²) in [6, 6.07) is 9.82. The summed E-state index contributed by atoms with van der Waals surface area (Å²) in [7, 11) is 0. The van der Waals surface area contributed by atoms with Crippen LogP contribution in [0.1, 0.15) is 41.1 Å². The molecule has 0 radical (unpaired) electrons. The van der Waals surface area contributed by atoms with Crippen LogP contribution in [0.25, 0.3) is 10.9 Å². The predicted molar refractivity (Wildman–Crippen MR) is 98.7 cm³/mol. The molecular formula is C19H17N5O4. The van der Waals surface area contributed by atoms with Crippen molar-refractivity contribution in [1.82, 2.24) is 25.0 Å². The zero-order valence-electron chi connectivity index (χ0n) is 15.2. The Balaban J connectivity index is 1.55. The van der Waals surface area contributed by atoms with Crippen molar-refractivity contribution in [2.75, 3.05) is 0 Å². The number of furan rings is 1. The second-order valence-corrected chi connectivity index (χ2v) is 6.29. The van der Waals surface area contributed by atoms with Gasteiger partial charge in [-0.25, -0.2) is 4.98 Å². The molecule has 1 N–H and O–H groups in total. The highest BCUT2D eigenvalue weighted by molar-refractivity contribution is 5.91. The molecule has 0 unspecified atom stereocenters. The van der Waals surface area contributed by atoms with E-state index in [2.05, 4.69) is 20.4 Å². The third-order valence-electron chi connectivity index (χ3n) is 4.30. The van der Waals surface area contributed by atoms with Gasteiger partial charge in [-0.05, 0) is 38.1 Å². The molecule has 1 aromatic carbocycles. The molecule has 0 saturated carbocycles. The van der Waals surface area contributed by atoms with Crippen LogP contribution in [-0.2, 0) is 6.54 Å². The van der Waals surface area contributed by atoms with Gasteiger partial charge in [0.05, 0.1) is 23.7 Å². The summed E-state index contributed by atoms with van der Waals surface area (Å²) >= 11 is 0. The topological polar surface area (TPSA) is 116 Å². The fraction of sp³-hybridized carbons (Fsp3) is 0.211. The van der Waals surface area contributed by atoms with Crippen LogP contribution in [0.5, 0.6) is 0 Å². The van der Waals surface area contributed by atoms with Crippen LogP contribution in [-0.4, -0.2) is 25.6 Å². The molecule has 0 bridgehead atoms. The van der Waals surface area contributed by atoms with Crippen LogP contribution in [0.3, 0.4) is 0 Å². The average Bonchev–Trinajstić information content (AvgIpc) is 3.37. The molecule has 0 spiro atoms. The molecule has 9 nitrogen and oxygen atoms in total. The fourth-order valence-corrected chi connectivity index (χ4v) is 2.85. The molecule has 3 aromatic heterocycles. The molecule has 9 heteroatoms. The van der Waals surface area contributed by atoms with E-state index in [9.17, 15) is 9.59 Å². The Kier molecular flexibility index (Phi) is 4.48. The smallest absolute Gasteiger partial charge is 0.287 e. The number of benzene rings is 1. The van der Waals surface area contributed by atoms with E-state index in [4.69, 9.17) is 8.94 Å². The number of nitrogens with zero attached hydrogens (tertiary/aromatic N) is 4. The van der Waals surface area contributed by atoms with Crippen molar-refractivity contribution >= 4 is 16.8 Å². The maximum absolute atomic E-state index is 12.7. The Morgan fingerprint density at radius 2 is 2.04 bits per heavy atom. The van der Waals surface area contributed by atoms with Crippen molar-refractivity contribution in [2.45, 2.75) is 26.4 Å². The predicted octanol–water partition coefficient (Wildman–Crippen LogP) is 2.22. The lowest BCUT2D eigenvalue weighted by atomic mass is 10.2. The SMILES string of the molecule is Cc1nc2ccccc2c(=O)n1Cc1noc([C@H](C)NC(=O)c2ccco2)n1. The second-order valence-electron chi connectivity index (χ2n) is 6.29. The number of aromatic nitrogens is 4. The summed E-state index contributed by atoms with van der Waals surface area (Å²) < 4.78 is 11.8. The van der Waals surface area contributed by atoms with Gasteiger partial charge in [-0.1, -0.05) is 17.3 Å². The molecule has 1 atom stereocenters. The fourth-order valence-electron chi connectivity index (χ4n) is 2.85. The monoisotopic (exact) mass is 379 g/mol. The van der Waals surface area contributed by atoms with E-state index in [1.54, 1.807) is 44.2 Å². The van der Waals surface area contributed by atoms with E-state index in [0.717, 1.165) is 0 Å². The Hall–Kier alpha value is -3.75. The number of nitrogens with one attached hydrogen (secondary N) is 1. The molecule has 4 rings (SSSR count). The molecule has 3 heterocycles. The largest absolute Gasteiger partial charge is 0.459 e. The van der Waals surface area contributed by atoms with E-state index in [-0.39, 0.29) is 29.7 Å². The lowest BCUT2D eigenvalue weighted by molar-refractivity contribution is 0.0904. The molecule has 0 aliphatic carbocycles. The number of amides is 1. The first-order valence-electron chi connectivity index (χ1n) is 8.66. The number of rotatable bonds is 5. The summed E-state index contributed by atoms with van der Waals surface area (Å²) in [6.07, 6.45) is 1.42. The normalized spacial score (nSPS) is 12.2. The Bertz CT molecular complexity index is 1190. The minimum atomic E-state index is -0.522. The molecule has 0 saturated heterocycles. The summed E-state index contributed by atoms with van der Waals surface area (Å²) in [4.78, 5) is 33.5. The number of hydrogen-bond acceptors (Lipinski definition) is 7. The molecule has 0 fully saturated rings. The Labute approximate surface area is 159 Å². The first-order chi connectivity index (χ1) is 13.5. The minimum absolute atomic E-state index is 0.116. The van der Waals surface area contributed by atoms with Crippen molar-refractivity contribution in [1.29, 1.82) is 0 Å². The van der Waals surface area contributed by atoms with Gasteiger partial charge in [0, 0.05) is 0 Å². The van der Waals surface area contributed by atoms with E-state index < -0.39 is 6.04 Å². The highest BCUT2D eigenvalue weighted by Gasteiger charge is 2.19. The van der Waals surface area contributed by atoms with Crippen LogP contribution in [0.4, 0.5) is 0 Å². The highest BCUT2D eigenvalue weighted by Crippen LogP contribution is 2.13. The van der Waals surface area contributed by atoms with Gasteiger partial charge >= 0.3 is 0 Å². The number of hydrogen-bond donors (Lipinski definition) is 1. The standard InChI is InChI=1S/C19H17N5O4/c1-11(20-17(25)15-8-5-9-27-15)18-22-16(23-28-18)10-24-12(2)21-14-7-4-3-6-13(14)19(24)26/h3-9,11H,10H2,1-2H3,(H,20,25)/t11-/m0/s1. The van der Waals surface area contributed by atoms with E-state index in [1.165, 1.54) is 10.8 Å². The van der Waals surface area contributed by atoms with Crippen molar-refractivity contribution in [3.05, 3.63) is 76.3 Å². The Morgan fingerprint density at radius 1 is 1.21 bits per heavy atom. The summed E-state index contributed by atoms with van der Waals surface area (Å²) in [6.45, 7) is 3.58. The van der Waals surface area contributed by atoms with Gasteiger partial charge in [0.25, 0.3) is 11.5 Å². The first-order valence-corrected chi connectivity index (χ1v) is 8.66. The van der Waals surface area contributed by atoms with Crippen LogP contribution in [0.2, 0.25) is 0 Å². The van der Waals surface area contributed by atoms with Gasteiger partial charge in [-0.3, -0.25) is 14.2 Å². The molecule has 4 aromatic rings. The number of fused-ring (bicyclic) bond motifs is 1. The van der Waals surface area contributed by atoms with Crippen molar-refractivity contribution in [2.24, 2.45) is 0 Å². The zero-order valence-corrected chi connectivity index (χ0v) is 15.2. The first kappa shape index (κ1) is 17.7. The lowest BCUT2D eigenvalue weighted by Crippen LogP contribution is -2.26. The molecule has 142 valence electrons. The molecule has 1 amide bonds. The zero-order chi connectivity index (χ0) is 19.7. The van der Waals surface area contributed by atoms with Crippen molar-refractivity contribution < 1.29 is 13.7 Å². The number of carbonyl (C=O) groups is 1. The van der Waals surface area contributed by atoms with Crippen LogP contribution in [0.15, 0.2) is 56.4 Å². The third kappa shape index (κ3) is 3.29. The second kappa shape index (κ2) is 7.10. The molecule has 28 heavy (non-hydrogen) atoms. The summed E-state index contributed by atoms with van der Waals surface area (Å²) in [5.74, 6) is 0.902. The molecular weight excluding hydrogens is 362 g/mol. The minimum Gasteiger partial charge on any atom is -0.459 e. The quantitative estimate of drug-likeness (QED) is 0.565. The maximum atomic E-state index is 12.7. The van der Waals surface area contributed by atoms with Gasteiger partial charge in [0.2, 0.25) is 5.89 Å². The number of carbonyl (C=O) groups excluding carboxylic acids is 1. The van der Waals surface area contributed by atoms with E-state index >= 15 is 0 Å². The summed E-state index contributed by atoms with van der Waals surface area (Å²) in [5.41, 5.74) is 0.470. The van der Waals surface area contributed by atoms with Gasteiger partial charge in [-0.2, -0.15) is 4.98 Å². The van der Waals surface area contributed by atoms with Crippen LogP contribution >= 0.6 is 0 Å². The van der Waals surface area contributed by atoms with Gasteiger partial charge in [0.1, 0.15) is 11.9 Å². The van der Waals surface area contributed by atoms with Gasteiger partial charge < -0.3 is 14.3 Å². The maximum Gasteiger partial charge on any atom is 0.287 e. The highest BCUT2D eigenvalue weighted by atomic mass is 16.5. The molecule has 0 aliphatic rings. The lowest BCUT2D eigenvalue weighted by Gasteiger charge is -2.08. The van der Waals surface area contributed by atoms with Crippen molar-refractivity contribution in [3.8, 4) is 0 Å². The molecule has 0 aliphatic heterocycles. The average molecular weight is 379 g/mol. The van der Waals surface area contributed by atoms with Crippen LogP contribution in [0, 0.1) is 6.92 Å². The van der Waals surface area contributed by atoms with Gasteiger partial charge in [0.15, 0.2) is 11.6 Å². The Morgan fingerprint density at radius 3 is 2.82 bits per heavy atom. The summed E-state index contributed by atoms with van der Waals surface area (Å²) in [5, 5.41) is 7.15. The number of para-hydroxylation sites is 1. The third-order valence-corrected chi connectivity index (χ3v) is 4.30. The number of aryl methyl sites for hydroxylation is 1. The van der Waals surface area contributed by atoms with Crippen molar-refractivity contribution in [3.63, 3.8) is 0 Å². The van der Waals surface area contributed by atoms with Gasteiger partial charge in [-0.15, -0.1) is 0 Å².